The first-order valence-corrected chi connectivity index (χ1v) is 7.96. The predicted octanol–water partition coefficient (Wildman–Crippen LogP) is 3.33. The highest BCUT2D eigenvalue weighted by atomic mass is 19.1. The molecule has 3 rings (SSSR count). The summed E-state index contributed by atoms with van der Waals surface area (Å²) in [5.74, 6) is 0.145. The van der Waals surface area contributed by atoms with Crippen molar-refractivity contribution in [2.45, 2.75) is 19.8 Å². The molecule has 5 nitrogen and oxygen atoms in total. The van der Waals surface area contributed by atoms with E-state index < -0.39 is 0 Å². The van der Waals surface area contributed by atoms with E-state index in [0.717, 1.165) is 12.8 Å². The van der Waals surface area contributed by atoms with Crippen LogP contribution in [-0.2, 0) is 0 Å². The zero-order chi connectivity index (χ0) is 16.9. The van der Waals surface area contributed by atoms with Crippen LogP contribution in [0.25, 0.3) is 11.5 Å². The number of rotatable bonds is 6. The van der Waals surface area contributed by atoms with Crippen molar-refractivity contribution in [1.82, 2.24) is 19.7 Å². The molecule has 2 aromatic heterocycles. The van der Waals surface area contributed by atoms with Crippen LogP contribution in [0.1, 0.15) is 30.1 Å². The van der Waals surface area contributed by atoms with Gasteiger partial charge in [-0.2, -0.15) is 5.10 Å². The van der Waals surface area contributed by atoms with Crippen LogP contribution in [0.5, 0.6) is 0 Å². The summed E-state index contributed by atoms with van der Waals surface area (Å²) in [7, 11) is 0. The van der Waals surface area contributed by atoms with Gasteiger partial charge in [-0.1, -0.05) is 13.3 Å². The molecule has 1 N–H and O–H groups in total. The Kier molecular flexibility index (Phi) is 4.74. The fourth-order valence-corrected chi connectivity index (χ4v) is 2.47. The van der Waals surface area contributed by atoms with E-state index in [2.05, 4.69) is 17.3 Å². The molecule has 1 aromatic carbocycles. The smallest absolute Gasteiger partial charge is 0.256 e. The third-order valence-electron chi connectivity index (χ3n) is 3.72. The zero-order valence-corrected chi connectivity index (χ0v) is 13.4. The molecule has 0 aliphatic rings. The third-order valence-corrected chi connectivity index (χ3v) is 3.72. The summed E-state index contributed by atoms with van der Waals surface area (Å²) < 4.78 is 16.6. The van der Waals surface area contributed by atoms with Gasteiger partial charge in [-0.05, 0) is 42.8 Å². The Morgan fingerprint density at radius 3 is 2.58 bits per heavy atom. The van der Waals surface area contributed by atoms with E-state index in [4.69, 9.17) is 0 Å². The second kappa shape index (κ2) is 7.12. The molecule has 0 radical (unpaired) electrons. The van der Waals surface area contributed by atoms with E-state index in [1.807, 2.05) is 29.1 Å². The third kappa shape index (κ3) is 3.22. The van der Waals surface area contributed by atoms with Gasteiger partial charge < -0.3 is 9.88 Å². The van der Waals surface area contributed by atoms with Crippen molar-refractivity contribution in [1.29, 1.82) is 0 Å². The van der Waals surface area contributed by atoms with Crippen molar-refractivity contribution in [3.05, 3.63) is 66.4 Å². The monoisotopic (exact) mass is 326 g/mol. The first-order chi connectivity index (χ1) is 11.7. The van der Waals surface area contributed by atoms with Gasteiger partial charge in [0, 0.05) is 18.9 Å². The van der Waals surface area contributed by atoms with Crippen LogP contribution < -0.4 is 5.32 Å². The van der Waals surface area contributed by atoms with E-state index in [1.165, 1.54) is 12.1 Å². The number of hydrogen-bond donors (Lipinski definition) is 1. The molecule has 0 atom stereocenters. The second-order valence-electron chi connectivity index (χ2n) is 5.47. The van der Waals surface area contributed by atoms with E-state index in [1.54, 1.807) is 23.0 Å². The number of carbonyl (C=O) groups excluding carboxylic acids is 1. The highest BCUT2D eigenvalue weighted by Crippen LogP contribution is 2.20. The Balaban J connectivity index is 2.01. The van der Waals surface area contributed by atoms with Crippen LogP contribution >= 0.6 is 0 Å². The molecule has 0 spiro atoms. The lowest BCUT2D eigenvalue weighted by Crippen LogP contribution is -2.25. The second-order valence-corrected chi connectivity index (χ2v) is 5.47. The number of nitrogens with one attached hydrogen (secondary N) is 1. The Morgan fingerprint density at radius 2 is 1.92 bits per heavy atom. The van der Waals surface area contributed by atoms with Crippen molar-refractivity contribution in [3.8, 4) is 11.5 Å². The van der Waals surface area contributed by atoms with Crippen LogP contribution in [0.15, 0.2) is 55.0 Å². The van der Waals surface area contributed by atoms with Crippen molar-refractivity contribution in [3.63, 3.8) is 0 Å². The number of carbonyl (C=O) groups is 1. The van der Waals surface area contributed by atoms with Crippen LogP contribution in [-0.4, -0.2) is 26.8 Å². The molecule has 2 heterocycles. The van der Waals surface area contributed by atoms with E-state index in [9.17, 15) is 9.18 Å². The molecule has 24 heavy (non-hydrogen) atoms. The summed E-state index contributed by atoms with van der Waals surface area (Å²) in [6.45, 7) is 2.70. The summed E-state index contributed by atoms with van der Waals surface area (Å²) >= 11 is 0. The molecular weight excluding hydrogens is 307 g/mol. The predicted molar refractivity (Wildman–Crippen MR) is 90.1 cm³/mol. The average Bonchev–Trinajstić information content (AvgIpc) is 3.24. The molecule has 6 heteroatoms. The highest BCUT2D eigenvalue weighted by molar-refractivity contribution is 5.97. The van der Waals surface area contributed by atoms with Crippen molar-refractivity contribution in [2.24, 2.45) is 0 Å². The van der Waals surface area contributed by atoms with Gasteiger partial charge in [0.25, 0.3) is 5.91 Å². The normalized spacial score (nSPS) is 10.8. The summed E-state index contributed by atoms with van der Waals surface area (Å²) in [5.41, 5.74) is 1.17. The Morgan fingerprint density at radius 1 is 1.21 bits per heavy atom. The lowest BCUT2D eigenvalue weighted by Gasteiger charge is -2.11. The van der Waals surface area contributed by atoms with Crippen molar-refractivity contribution in [2.75, 3.05) is 6.54 Å². The largest absolute Gasteiger partial charge is 0.352 e. The molecule has 0 saturated heterocycles. The lowest BCUT2D eigenvalue weighted by atomic mass is 10.2. The van der Waals surface area contributed by atoms with Gasteiger partial charge in [0.05, 0.1) is 11.9 Å². The summed E-state index contributed by atoms with van der Waals surface area (Å²) in [5, 5.41) is 7.24. The van der Waals surface area contributed by atoms with Crippen LogP contribution in [0.3, 0.4) is 0 Å². The minimum absolute atomic E-state index is 0.166. The molecule has 3 aromatic rings. The number of aromatic nitrogens is 3. The zero-order valence-electron chi connectivity index (χ0n) is 13.4. The van der Waals surface area contributed by atoms with Gasteiger partial charge in [-0.15, -0.1) is 0 Å². The van der Waals surface area contributed by atoms with Gasteiger partial charge in [-0.25, -0.2) is 9.07 Å². The average molecular weight is 326 g/mol. The summed E-state index contributed by atoms with van der Waals surface area (Å²) in [6, 6.07) is 9.76. The maximum absolute atomic E-state index is 13.2. The summed E-state index contributed by atoms with van der Waals surface area (Å²) in [4.78, 5) is 12.5. The summed E-state index contributed by atoms with van der Waals surface area (Å²) in [6.07, 6.45) is 7.18. The Bertz CT molecular complexity index is 806. The fraction of sp³-hybridized carbons (Fsp3) is 0.222. The molecule has 1 amide bonds. The maximum atomic E-state index is 13.2. The number of halogens is 1. The van der Waals surface area contributed by atoms with Crippen molar-refractivity contribution >= 4 is 5.91 Å². The molecule has 0 fully saturated rings. The topological polar surface area (TPSA) is 51.9 Å². The first-order valence-electron chi connectivity index (χ1n) is 7.96. The quantitative estimate of drug-likeness (QED) is 0.706. The standard InChI is InChI=1S/C18H19FN4O/c1-2-3-10-20-17(24)16-13-21-23(15-8-6-14(19)7-9-15)18(16)22-11-4-5-12-22/h4-9,11-13H,2-3,10H2,1H3,(H,20,24). The molecule has 0 unspecified atom stereocenters. The molecule has 0 aliphatic heterocycles. The van der Waals surface area contributed by atoms with Gasteiger partial charge in [0.2, 0.25) is 0 Å². The maximum Gasteiger partial charge on any atom is 0.256 e. The van der Waals surface area contributed by atoms with Crippen LogP contribution in [0, 0.1) is 5.82 Å². The van der Waals surface area contributed by atoms with Gasteiger partial charge in [0.1, 0.15) is 11.4 Å². The SMILES string of the molecule is CCCCNC(=O)c1cnn(-c2ccc(F)cc2)c1-n1cccc1. The molecular formula is C18H19FN4O. The number of unbranched alkanes of at least 4 members (excludes halogenated alkanes) is 1. The lowest BCUT2D eigenvalue weighted by molar-refractivity contribution is 0.0953. The van der Waals surface area contributed by atoms with E-state index in [0.29, 0.717) is 23.6 Å². The number of amides is 1. The molecule has 0 aliphatic carbocycles. The van der Waals surface area contributed by atoms with Crippen LogP contribution in [0.2, 0.25) is 0 Å². The van der Waals surface area contributed by atoms with Gasteiger partial charge in [-0.3, -0.25) is 4.79 Å². The minimum Gasteiger partial charge on any atom is -0.352 e. The van der Waals surface area contributed by atoms with E-state index in [-0.39, 0.29) is 11.7 Å². The van der Waals surface area contributed by atoms with Gasteiger partial charge in [0.15, 0.2) is 5.82 Å². The Hall–Kier alpha value is -2.89. The molecule has 0 saturated carbocycles. The number of benzene rings is 1. The number of nitrogens with zero attached hydrogens (tertiary/aromatic N) is 3. The highest BCUT2D eigenvalue weighted by Gasteiger charge is 2.19. The van der Waals surface area contributed by atoms with Crippen LogP contribution in [0.4, 0.5) is 4.39 Å². The molecule has 124 valence electrons. The Labute approximate surface area is 139 Å². The van der Waals surface area contributed by atoms with E-state index >= 15 is 0 Å². The van der Waals surface area contributed by atoms with Gasteiger partial charge >= 0.3 is 0 Å². The van der Waals surface area contributed by atoms with Crippen molar-refractivity contribution < 1.29 is 9.18 Å². The fourth-order valence-electron chi connectivity index (χ4n) is 2.47. The number of hydrogen-bond acceptors (Lipinski definition) is 2. The first kappa shape index (κ1) is 16.0. The minimum atomic E-state index is -0.314. The molecule has 0 bridgehead atoms.